The van der Waals surface area contributed by atoms with Crippen molar-refractivity contribution in [3.05, 3.63) is 119 Å². The summed E-state index contributed by atoms with van der Waals surface area (Å²) >= 11 is 0. The van der Waals surface area contributed by atoms with Gasteiger partial charge in [-0.25, -0.2) is 24.1 Å². The summed E-state index contributed by atoms with van der Waals surface area (Å²) in [6.45, 7) is 0.559. The molecule has 2 aromatic carbocycles. The van der Waals surface area contributed by atoms with Crippen LogP contribution in [0.15, 0.2) is 85.2 Å². The van der Waals surface area contributed by atoms with Gasteiger partial charge in [0.1, 0.15) is 22.7 Å². The molecule has 1 aliphatic heterocycles. The van der Waals surface area contributed by atoms with Crippen LogP contribution in [0.1, 0.15) is 50.5 Å². The van der Waals surface area contributed by atoms with E-state index in [-0.39, 0.29) is 23.3 Å². The maximum absolute atomic E-state index is 13.9. The van der Waals surface area contributed by atoms with Crippen molar-refractivity contribution in [3.63, 3.8) is 0 Å². The van der Waals surface area contributed by atoms with Gasteiger partial charge in [-0.3, -0.25) is 4.79 Å². The van der Waals surface area contributed by atoms with Crippen LogP contribution in [-0.4, -0.2) is 36.0 Å². The number of aromatic nitrogens is 5. The number of nitrogens with zero attached hydrogens (tertiary/aromatic N) is 5. The molecule has 1 N–H and O–H groups in total. The molecule has 7 rings (SSSR count). The zero-order valence-corrected chi connectivity index (χ0v) is 23.3. The van der Waals surface area contributed by atoms with Crippen molar-refractivity contribution in [3.8, 4) is 0 Å². The number of esters is 1. The van der Waals surface area contributed by atoms with Crippen molar-refractivity contribution >= 4 is 39.6 Å². The van der Waals surface area contributed by atoms with Crippen LogP contribution in [0, 0.1) is 5.82 Å². The van der Waals surface area contributed by atoms with E-state index < -0.39 is 35.5 Å². The van der Waals surface area contributed by atoms with E-state index in [0.29, 0.717) is 46.7 Å². The Kier molecular flexibility index (Phi) is 6.79. The Bertz CT molecular complexity index is 2110. The van der Waals surface area contributed by atoms with Gasteiger partial charge in [0.25, 0.3) is 5.91 Å². The van der Waals surface area contributed by atoms with Crippen LogP contribution in [0.25, 0.3) is 22.1 Å². The summed E-state index contributed by atoms with van der Waals surface area (Å²) in [5, 5.41) is 2.97. The Morgan fingerprint density at radius 2 is 1.87 bits per heavy atom. The van der Waals surface area contributed by atoms with Crippen LogP contribution in [0.2, 0.25) is 0 Å². The number of amides is 1. The van der Waals surface area contributed by atoms with Crippen molar-refractivity contribution in [1.82, 2.24) is 24.1 Å². The molecule has 0 aliphatic carbocycles. The van der Waals surface area contributed by atoms with Gasteiger partial charge in [0.2, 0.25) is 0 Å². The van der Waals surface area contributed by atoms with Gasteiger partial charge in [-0.05, 0) is 60.2 Å². The number of imidazole rings is 1. The Labute approximate surface area is 252 Å². The van der Waals surface area contributed by atoms with Crippen molar-refractivity contribution in [2.24, 2.45) is 0 Å². The fourth-order valence-electron chi connectivity index (χ4n) is 5.54. The molecule has 1 amide bonds. The van der Waals surface area contributed by atoms with E-state index in [4.69, 9.17) is 4.74 Å². The van der Waals surface area contributed by atoms with Gasteiger partial charge in [-0.2, -0.15) is 13.2 Å². The predicted molar refractivity (Wildman–Crippen MR) is 155 cm³/mol. The molecule has 13 heteroatoms. The average molecular weight is 615 g/mol. The number of pyridine rings is 2. The first-order valence-corrected chi connectivity index (χ1v) is 13.9. The molecule has 0 spiro atoms. The molecule has 0 fully saturated rings. The molecule has 0 radical (unpaired) electrons. The number of hydrogen-bond donors (Lipinski definition) is 1. The molecule has 45 heavy (non-hydrogen) atoms. The van der Waals surface area contributed by atoms with Gasteiger partial charge >= 0.3 is 12.1 Å². The number of anilines is 1. The number of fused-ring (bicyclic) bond motifs is 4. The normalized spacial score (nSPS) is 14.5. The standard InChI is InChI=1S/C32H22F4N6O3/c33-21-5-3-4-18(12-21)17-42-25-8-7-20(32(34,35)36)13-19(25)14-26(42)30(43)39-22-15-24-28(38-16-22)41-11-9-27(29(41)40-24)45-31(44)23-6-1-2-10-37-23/h1-8,10,12-16,27H,9,11,17H2,(H,39,43). The van der Waals surface area contributed by atoms with Gasteiger partial charge in [0, 0.05) is 36.6 Å². The minimum absolute atomic E-state index is 0.0407. The number of benzene rings is 2. The second-order valence-corrected chi connectivity index (χ2v) is 10.6. The van der Waals surface area contributed by atoms with Crippen LogP contribution in [0.3, 0.4) is 0 Å². The monoisotopic (exact) mass is 614 g/mol. The molecule has 9 nitrogen and oxygen atoms in total. The smallest absolute Gasteiger partial charge is 0.416 e. The number of aryl methyl sites for hydroxylation is 1. The summed E-state index contributed by atoms with van der Waals surface area (Å²) in [6, 6.07) is 16.9. The van der Waals surface area contributed by atoms with E-state index in [1.54, 1.807) is 30.3 Å². The first-order valence-electron chi connectivity index (χ1n) is 13.9. The lowest BCUT2D eigenvalue weighted by atomic mass is 10.1. The van der Waals surface area contributed by atoms with Gasteiger partial charge in [0.15, 0.2) is 17.6 Å². The third kappa shape index (κ3) is 5.37. The summed E-state index contributed by atoms with van der Waals surface area (Å²) in [6.07, 6.45) is -1.71. The quantitative estimate of drug-likeness (QED) is 0.169. The number of nitrogens with one attached hydrogen (secondary N) is 1. The second kappa shape index (κ2) is 10.8. The first-order chi connectivity index (χ1) is 21.6. The summed E-state index contributed by atoms with van der Waals surface area (Å²) in [4.78, 5) is 39.3. The largest absolute Gasteiger partial charge is 0.449 e. The topological polar surface area (TPSA) is 104 Å². The van der Waals surface area contributed by atoms with Gasteiger partial charge in [-0.15, -0.1) is 0 Å². The van der Waals surface area contributed by atoms with Crippen LogP contribution >= 0.6 is 0 Å². The Hall–Kier alpha value is -5.59. The van der Waals surface area contributed by atoms with Crippen LogP contribution in [0.4, 0.5) is 23.2 Å². The molecular weight excluding hydrogens is 592 g/mol. The maximum Gasteiger partial charge on any atom is 0.416 e. The molecule has 226 valence electrons. The van der Waals surface area contributed by atoms with Gasteiger partial charge in [0.05, 0.1) is 17.4 Å². The van der Waals surface area contributed by atoms with Crippen molar-refractivity contribution < 1.29 is 31.9 Å². The number of alkyl halides is 3. The Morgan fingerprint density at radius 1 is 1.00 bits per heavy atom. The number of halogens is 4. The average Bonchev–Trinajstić information content (AvgIpc) is 3.69. The molecule has 1 unspecified atom stereocenters. The van der Waals surface area contributed by atoms with Gasteiger partial charge in [-0.1, -0.05) is 18.2 Å². The second-order valence-electron chi connectivity index (χ2n) is 10.6. The molecule has 6 aromatic rings. The van der Waals surface area contributed by atoms with E-state index in [1.165, 1.54) is 47.3 Å². The molecule has 0 saturated carbocycles. The molecular formula is C32H22F4N6O3. The summed E-state index contributed by atoms with van der Waals surface area (Å²) < 4.78 is 63.3. The fourth-order valence-corrected chi connectivity index (χ4v) is 5.54. The van der Waals surface area contributed by atoms with Crippen molar-refractivity contribution in [2.75, 3.05) is 5.32 Å². The number of hydrogen-bond acceptors (Lipinski definition) is 6. The molecule has 1 atom stereocenters. The Morgan fingerprint density at radius 3 is 2.64 bits per heavy atom. The highest BCUT2D eigenvalue weighted by atomic mass is 19.4. The zero-order valence-electron chi connectivity index (χ0n) is 23.3. The highest BCUT2D eigenvalue weighted by Crippen LogP contribution is 2.34. The van der Waals surface area contributed by atoms with E-state index in [9.17, 15) is 27.2 Å². The summed E-state index contributed by atoms with van der Waals surface area (Å²) in [5.74, 6) is -1.14. The lowest BCUT2D eigenvalue weighted by Gasteiger charge is -2.12. The number of carbonyl (C=O) groups excluding carboxylic acids is 2. The molecule has 0 bridgehead atoms. The lowest BCUT2D eigenvalue weighted by molar-refractivity contribution is -0.137. The highest BCUT2D eigenvalue weighted by molar-refractivity contribution is 6.07. The number of carbonyl (C=O) groups is 2. The third-order valence-corrected chi connectivity index (χ3v) is 7.59. The van der Waals surface area contributed by atoms with Crippen molar-refractivity contribution in [1.29, 1.82) is 0 Å². The number of ether oxygens (including phenoxy) is 1. The summed E-state index contributed by atoms with van der Waals surface area (Å²) in [5.41, 5.74) is 1.59. The van der Waals surface area contributed by atoms with Crippen LogP contribution in [-0.2, 0) is 24.0 Å². The molecule has 5 heterocycles. The van der Waals surface area contributed by atoms with E-state index in [2.05, 4.69) is 20.3 Å². The van der Waals surface area contributed by atoms with Crippen LogP contribution < -0.4 is 5.32 Å². The predicted octanol–water partition coefficient (Wildman–Crippen LogP) is 6.54. The van der Waals surface area contributed by atoms with E-state index in [1.807, 2.05) is 4.57 Å². The molecule has 4 aromatic heterocycles. The van der Waals surface area contributed by atoms with E-state index in [0.717, 1.165) is 12.1 Å². The van der Waals surface area contributed by atoms with Crippen LogP contribution in [0.5, 0.6) is 0 Å². The number of rotatable bonds is 6. The SMILES string of the molecule is O=C(OC1CCn2c1nc1cc(NC(=O)c3cc4cc(C(F)(F)F)ccc4n3Cc3cccc(F)c3)cnc12)c1ccccn1. The minimum atomic E-state index is -4.57. The lowest BCUT2D eigenvalue weighted by Crippen LogP contribution is -2.17. The minimum Gasteiger partial charge on any atom is -0.449 e. The fraction of sp³-hybridized carbons (Fsp3) is 0.156. The molecule has 0 saturated heterocycles. The van der Waals surface area contributed by atoms with Gasteiger partial charge < -0.3 is 19.2 Å². The summed E-state index contributed by atoms with van der Waals surface area (Å²) in [7, 11) is 0. The van der Waals surface area contributed by atoms with E-state index >= 15 is 0 Å². The zero-order chi connectivity index (χ0) is 31.3. The highest BCUT2D eigenvalue weighted by Gasteiger charge is 2.32. The van der Waals surface area contributed by atoms with Crippen molar-refractivity contribution in [2.45, 2.75) is 31.8 Å². The Balaban J connectivity index is 1.18. The first kappa shape index (κ1) is 28.2. The maximum atomic E-state index is 13.9. The third-order valence-electron chi connectivity index (χ3n) is 7.59. The molecule has 1 aliphatic rings.